The minimum absolute atomic E-state index is 0.156. The summed E-state index contributed by atoms with van der Waals surface area (Å²) in [4.78, 5) is 2.30. The molecule has 0 bridgehead atoms. The van der Waals surface area contributed by atoms with Crippen molar-refractivity contribution in [2.45, 2.75) is 18.4 Å². The van der Waals surface area contributed by atoms with Gasteiger partial charge < -0.3 is 14.6 Å². The topological polar surface area (TPSA) is 41.9 Å². The molecule has 0 radical (unpaired) electrons. The lowest BCUT2D eigenvalue weighted by molar-refractivity contribution is 0.0570. The van der Waals surface area contributed by atoms with E-state index in [4.69, 9.17) is 9.47 Å². The maximum atomic E-state index is 10.6. The maximum Gasteiger partial charge on any atom is 0.231 e. The van der Waals surface area contributed by atoms with Gasteiger partial charge in [-0.2, -0.15) is 0 Å². The van der Waals surface area contributed by atoms with Crippen molar-refractivity contribution in [2.75, 3.05) is 26.4 Å². The first-order valence-corrected chi connectivity index (χ1v) is 8.81. The first-order valence-electron chi connectivity index (χ1n) is 8.81. The standard InChI is InChI=1S/C21H23NO3/c23-19-14-22(11-4-7-16-5-2-1-3-6-16)12-10-18(19)17-8-9-20-21(13-17)25-15-24-20/h1-9,13,18-19,23H,10-12,14-15H2/b7-4+/t18-,19+/m0/s1. The Morgan fingerprint density at radius 2 is 1.92 bits per heavy atom. The smallest absolute Gasteiger partial charge is 0.231 e. The molecule has 2 aliphatic heterocycles. The van der Waals surface area contributed by atoms with Gasteiger partial charge in [-0.3, -0.25) is 4.90 Å². The molecule has 0 amide bonds. The van der Waals surface area contributed by atoms with E-state index >= 15 is 0 Å². The van der Waals surface area contributed by atoms with Crippen LogP contribution in [0.15, 0.2) is 54.6 Å². The van der Waals surface area contributed by atoms with Crippen LogP contribution in [0.2, 0.25) is 0 Å². The number of ether oxygens (including phenoxy) is 2. The van der Waals surface area contributed by atoms with Gasteiger partial charge in [0.05, 0.1) is 6.10 Å². The summed E-state index contributed by atoms with van der Waals surface area (Å²) in [5.41, 5.74) is 2.34. The molecule has 4 nitrogen and oxygen atoms in total. The number of aliphatic hydroxyl groups excluding tert-OH is 1. The van der Waals surface area contributed by atoms with E-state index in [0.29, 0.717) is 6.54 Å². The first-order chi connectivity index (χ1) is 12.3. The summed E-state index contributed by atoms with van der Waals surface area (Å²) in [5, 5.41) is 10.6. The largest absolute Gasteiger partial charge is 0.454 e. The van der Waals surface area contributed by atoms with E-state index in [1.165, 1.54) is 5.56 Å². The molecule has 25 heavy (non-hydrogen) atoms. The normalized spacial score (nSPS) is 23.2. The molecule has 2 aliphatic rings. The molecule has 0 spiro atoms. The highest BCUT2D eigenvalue weighted by atomic mass is 16.7. The lowest BCUT2D eigenvalue weighted by Crippen LogP contribution is -2.42. The van der Waals surface area contributed by atoms with E-state index in [1.807, 2.05) is 36.4 Å². The van der Waals surface area contributed by atoms with Gasteiger partial charge in [0.15, 0.2) is 11.5 Å². The van der Waals surface area contributed by atoms with Crippen LogP contribution in [-0.2, 0) is 0 Å². The Bertz CT molecular complexity index is 744. The lowest BCUT2D eigenvalue weighted by Gasteiger charge is -2.35. The summed E-state index contributed by atoms with van der Waals surface area (Å²) in [6, 6.07) is 16.3. The predicted octanol–water partition coefficient (Wildman–Crippen LogP) is 3.28. The molecular weight excluding hydrogens is 314 g/mol. The van der Waals surface area contributed by atoms with Gasteiger partial charge in [0, 0.05) is 19.0 Å². The van der Waals surface area contributed by atoms with Crippen molar-refractivity contribution in [2.24, 2.45) is 0 Å². The summed E-state index contributed by atoms with van der Waals surface area (Å²) in [5.74, 6) is 1.74. The summed E-state index contributed by atoms with van der Waals surface area (Å²) in [7, 11) is 0. The highest BCUT2D eigenvalue weighted by molar-refractivity contribution is 5.49. The summed E-state index contributed by atoms with van der Waals surface area (Å²) in [6.07, 6.45) is 4.89. The van der Waals surface area contributed by atoms with Gasteiger partial charge in [0.25, 0.3) is 0 Å². The van der Waals surface area contributed by atoms with Gasteiger partial charge in [-0.15, -0.1) is 0 Å². The fourth-order valence-corrected chi connectivity index (χ4v) is 3.60. The van der Waals surface area contributed by atoms with E-state index in [0.717, 1.165) is 36.6 Å². The van der Waals surface area contributed by atoms with Crippen LogP contribution in [0.5, 0.6) is 11.5 Å². The van der Waals surface area contributed by atoms with Crippen molar-refractivity contribution in [3.05, 3.63) is 65.7 Å². The zero-order chi connectivity index (χ0) is 17.1. The minimum atomic E-state index is -0.362. The molecular formula is C21H23NO3. The third-order valence-corrected chi connectivity index (χ3v) is 4.96. The van der Waals surface area contributed by atoms with Crippen molar-refractivity contribution in [3.8, 4) is 11.5 Å². The van der Waals surface area contributed by atoms with E-state index in [-0.39, 0.29) is 18.8 Å². The highest BCUT2D eigenvalue weighted by Gasteiger charge is 2.29. The summed E-state index contributed by atoms with van der Waals surface area (Å²) >= 11 is 0. The van der Waals surface area contributed by atoms with Crippen molar-refractivity contribution >= 4 is 6.08 Å². The lowest BCUT2D eigenvalue weighted by atomic mass is 9.87. The molecule has 1 saturated heterocycles. The summed E-state index contributed by atoms with van der Waals surface area (Å²) in [6.45, 7) is 2.82. The quantitative estimate of drug-likeness (QED) is 0.930. The van der Waals surface area contributed by atoms with Gasteiger partial charge in [-0.25, -0.2) is 0 Å². The van der Waals surface area contributed by atoms with Crippen LogP contribution in [-0.4, -0.2) is 42.5 Å². The Labute approximate surface area is 148 Å². The number of aliphatic hydroxyl groups is 1. The SMILES string of the molecule is O[C@@H]1CN(C/C=C/c2ccccc2)CC[C@H]1c1ccc2c(c1)OCO2. The van der Waals surface area contributed by atoms with Crippen LogP contribution in [0, 0.1) is 0 Å². The predicted molar refractivity (Wildman–Crippen MR) is 97.8 cm³/mol. The second kappa shape index (κ2) is 7.30. The Balaban J connectivity index is 1.35. The van der Waals surface area contributed by atoms with Gasteiger partial charge in [-0.1, -0.05) is 48.6 Å². The van der Waals surface area contributed by atoms with Crippen molar-refractivity contribution < 1.29 is 14.6 Å². The highest BCUT2D eigenvalue weighted by Crippen LogP contribution is 2.37. The molecule has 0 aromatic heterocycles. The minimum Gasteiger partial charge on any atom is -0.454 e. The number of fused-ring (bicyclic) bond motifs is 1. The van der Waals surface area contributed by atoms with Crippen molar-refractivity contribution in [1.29, 1.82) is 0 Å². The van der Waals surface area contributed by atoms with Crippen LogP contribution < -0.4 is 9.47 Å². The van der Waals surface area contributed by atoms with Crippen LogP contribution in [0.25, 0.3) is 6.08 Å². The number of hydrogen-bond acceptors (Lipinski definition) is 4. The second-order valence-electron chi connectivity index (χ2n) is 6.65. The fourth-order valence-electron chi connectivity index (χ4n) is 3.60. The number of likely N-dealkylation sites (tertiary alicyclic amines) is 1. The Morgan fingerprint density at radius 3 is 2.76 bits per heavy atom. The maximum absolute atomic E-state index is 10.6. The molecule has 0 aliphatic carbocycles. The number of benzene rings is 2. The Hall–Kier alpha value is -2.30. The van der Waals surface area contributed by atoms with E-state index in [2.05, 4.69) is 29.2 Å². The van der Waals surface area contributed by atoms with E-state index in [1.54, 1.807) is 0 Å². The van der Waals surface area contributed by atoms with Gasteiger partial charge in [0.1, 0.15) is 0 Å². The monoisotopic (exact) mass is 337 g/mol. The van der Waals surface area contributed by atoms with Crippen molar-refractivity contribution in [3.63, 3.8) is 0 Å². The molecule has 0 saturated carbocycles. The number of β-amino-alcohol motifs (C(OH)–C–C–N with tert-alkyl or cyclic N) is 1. The molecule has 2 aromatic rings. The molecule has 2 heterocycles. The second-order valence-corrected chi connectivity index (χ2v) is 6.65. The summed E-state index contributed by atoms with van der Waals surface area (Å²) < 4.78 is 10.8. The molecule has 2 aromatic carbocycles. The van der Waals surface area contributed by atoms with Gasteiger partial charge in [-0.05, 0) is 36.2 Å². The van der Waals surface area contributed by atoms with Crippen LogP contribution >= 0.6 is 0 Å². The van der Waals surface area contributed by atoms with E-state index in [9.17, 15) is 5.11 Å². The molecule has 1 N–H and O–H groups in total. The van der Waals surface area contributed by atoms with E-state index < -0.39 is 0 Å². The van der Waals surface area contributed by atoms with Gasteiger partial charge >= 0.3 is 0 Å². The van der Waals surface area contributed by atoms with Crippen LogP contribution in [0.1, 0.15) is 23.5 Å². The molecule has 0 unspecified atom stereocenters. The van der Waals surface area contributed by atoms with Crippen LogP contribution in [0.3, 0.4) is 0 Å². The molecule has 2 atom stereocenters. The van der Waals surface area contributed by atoms with Crippen molar-refractivity contribution in [1.82, 2.24) is 4.90 Å². The van der Waals surface area contributed by atoms with Gasteiger partial charge in [0.2, 0.25) is 6.79 Å². The molecule has 130 valence electrons. The number of piperidine rings is 1. The fraction of sp³-hybridized carbons (Fsp3) is 0.333. The third kappa shape index (κ3) is 3.70. The molecule has 1 fully saturated rings. The molecule has 4 rings (SSSR count). The average molecular weight is 337 g/mol. The third-order valence-electron chi connectivity index (χ3n) is 4.96. The number of nitrogens with zero attached hydrogens (tertiary/aromatic N) is 1. The van der Waals surface area contributed by atoms with Crippen LogP contribution in [0.4, 0.5) is 0 Å². The number of hydrogen-bond donors (Lipinski definition) is 1. The number of rotatable bonds is 4. The Morgan fingerprint density at radius 1 is 1.08 bits per heavy atom. The average Bonchev–Trinajstić information content (AvgIpc) is 3.10. The zero-order valence-electron chi connectivity index (χ0n) is 14.2. The first kappa shape index (κ1) is 16.2. The Kier molecular flexibility index (Phi) is 4.72. The molecule has 4 heteroatoms. The zero-order valence-corrected chi connectivity index (χ0v) is 14.2.